The van der Waals surface area contributed by atoms with Gasteiger partial charge in [-0.25, -0.2) is 9.37 Å². The van der Waals surface area contributed by atoms with Crippen molar-refractivity contribution in [3.05, 3.63) is 59.6 Å². The molecule has 0 bridgehead atoms. The van der Waals surface area contributed by atoms with E-state index in [9.17, 15) is 4.39 Å². The van der Waals surface area contributed by atoms with Crippen LogP contribution in [0.15, 0.2) is 48.8 Å². The molecule has 0 fully saturated rings. The number of halogens is 1. The molecule has 3 rings (SSSR count). The molecule has 2 aromatic heterocycles. The SMILES string of the molecule is NCCc1nc(-c2ccncc2)c(-c2ccccc2F)s1. The highest BCUT2D eigenvalue weighted by molar-refractivity contribution is 7.15. The van der Waals surface area contributed by atoms with E-state index >= 15 is 0 Å². The predicted octanol–water partition coefficient (Wildman–Crippen LogP) is 3.51. The molecular formula is C16H14FN3S. The summed E-state index contributed by atoms with van der Waals surface area (Å²) in [6, 6.07) is 10.5. The van der Waals surface area contributed by atoms with E-state index in [4.69, 9.17) is 5.73 Å². The van der Waals surface area contributed by atoms with Crippen LogP contribution in [0.3, 0.4) is 0 Å². The number of rotatable bonds is 4. The summed E-state index contributed by atoms with van der Waals surface area (Å²) in [5.41, 5.74) is 7.90. The number of nitrogens with two attached hydrogens (primary N) is 1. The number of aromatic nitrogens is 2. The largest absolute Gasteiger partial charge is 0.330 e. The Hall–Kier alpha value is -2.11. The molecule has 0 aliphatic heterocycles. The van der Waals surface area contributed by atoms with Crippen LogP contribution in [0.2, 0.25) is 0 Å². The van der Waals surface area contributed by atoms with Gasteiger partial charge >= 0.3 is 0 Å². The molecule has 0 aliphatic rings. The first-order chi connectivity index (χ1) is 10.3. The lowest BCUT2D eigenvalue weighted by Gasteiger charge is -2.03. The zero-order valence-electron chi connectivity index (χ0n) is 11.3. The molecule has 2 N–H and O–H groups in total. The Kier molecular flexibility index (Phi) is 4.03. The van der Waals surface area contributed by atoms with Crippen molar-refractivity contribution in [2.75, 3.05) is 6.54 Å². The lowest BCUT2D eigenvalue weighted by Crippen LogP contribution is -2.01. The molecule has 0 unspecified atom stereocenters. The second-order valence-electron chi connectivity index (χ2n) is 4.54. The van der Waals surface area contributed by atoms with Crippen molar-refractivity contribution in [1.82, 2.24) is 9.97 Å². The molecule has 21 heavy (non-hydrogen) atoms. The van der Waals surface area contributed by atoms with E-state index in [0.717, 1.165) is 21.1 Å². The molecule has 0 amide bonds. The van der Waals surface area contributed by atoms with Gasteiger partial charge in [-0.2, -0.15) is 0 Å². The van der Waals surface area contributed by atoms with Crippen molar-refractivity contribution in [3.8, 4) is 21.7 Å². The maximum absolute atomic E-state index is 14.1. The van der Waals surface area contributed by atoms with Gasteiger partial charge in [0.2, 0.25) is 0 Å². The normalized spacial score (nSPS) is 10.8. The minimum absolute atomic E-state index is 0.240. The van der Waals surface area contributed by atoms with E-state index in [1.165, 1.54) is 17.4 Å². The molecule has 0 saturated carbocycles. The van der Waals surface area contributed by atoms with Gasteiger partial charge in [-0.15, -0.1) is 11.3 Å². The minimum Gasteiger partial charge on any atom is -0.330 e. The van der Waals surface area contributed by atoms with E-state index in [1.807, 2.05) is 18.2 Å². The quantitative estimate of drug-likeness (QED) is 0.802. The fourth-order valence-corrected chi connectivity index (χ4v) is 3.26. The molecule has 3 nitrogen and oxygen atoms in total. The third-order valence-corrected chi connectivity index (χ3v) is 4.25. The van der Waals surface area contributed by atoms with Gasteiger partial charge in [0.05, 0.1) is 15.6 Å². The number of pyridine rings is 1. The van der Waals surface area contributed by atoms with Gasteiger partial charge in [0.1, 0.15) is 5.82 Å². The lowest BCUT2D eigenvalue weighted by molar-refractivity contribution is 0.631. The third kappa shape index (κ3) is 2.84. The maximum atomic E-state index is 14.1. The zero-order valence-corrected chi connectivity index (χ0v) is 12.1. The number of benzene rings is 1. The molecule has 5 heteroatoms. The molecule has 0 spiro atoms. The summed E-state index contributed by atoms with van der Waals surface area (Å²) in [5, 5.41) is 0.919. The fourth-order valence-electron chi connectivity index (χ4n) is 2.13. The summed E-state index contributed by atoms with van der Waals surface area (Å²) >= 11 is 1.49. The first-order valence-corrected chi connectivity index (χ1v) is 7.46. The van der Waals surface area contributed by atoms with Gasteiger partial charge in [0.25, 0.3) is 0 Å². The van der Waals surface area contributed by atoms with Crippen LogP contribution in [0, 0.1) is 5.82 Å². The Bertz CT molecular complexity index is 740. The van der Waals surface area contributed by atoms with Crippen molar-refractivity contribution < 1.29 is 4.39 Å². The number of hydrogen-bond donors (Lipinski definition) is 1. The van der Waals surface area contributed by atoms with E-state index in [2.05, 4.69) is 9.97 Å². The maximum Gasteiger partial charge on any atom is 0.131 e. The van der Waals surface area contributed by atoms with Crippen LogP contribution >= 0.6 is 11.3 Å². The predicted molar refractivity (Wildman–Crippen MR) is 83.5 cm³/mol. The summed E-state index contributed by atoms with van der Waals surface area (Å²) in [5.74, 6) is -0.240. The molecule has 2 heterocycles. The van der Waals surface area contributed by atoms with Crippen LogP contribution < -0.4 is 5.73 Å². The van der Waals surface area contributed by atoms with Crippen molar-refractivity contribution in [1.29, 1.82) is 0 Å². The van der Waals surface area contributed by atoms with Crippen LogP contribution in [0.1, 0.15) is 5.01 Å². The molecule has 0 radical (unpaired) electrons. The molecular weight excluding hydrogens is 285 g/mol. The Labute approximate surface area is 126 Å². The summed E-state index contributed by atoms with van der Waals surface area (Å²) in [7, 11) is 0. The van der Waals surface area contributed by atoms with E-state index in [0.29, 0.717) is 18.5 Å². The summed E-state index contributed by atoms with van der Waals surface area (Å²) in [6.45, 7) is 0.528. The van der Waals surface area contributed by atoms with Gasteiger partial charge in [0.15, 0.2) is 0 Å². The van der Waals surface area contributed by atoms with Crippen LogP contribution in [0.25, 0.3) is 21.7 Å². The monoisotopic (exact) mass is 299 g/mol. The average Bonchev–Trinajstić information content (AvgIpc) is 2.93. The summed E-state index contributed by atoms with van der Waals surface area (Å²) < 4.78 is 14.1. The molecule has 1 aromatic carbocycles. The van der Waals surface area contributed by atoms with E-state index in [-0.39, 0.29) is 5.82 Å². The van der Waals surface area contributed by atoms with Crippen LogP contribution in [0.4, 0.5) is 4.39 Å². The van der Waals surface area contributed by atoms with Gasteiger partial charge in [-0.3, -0.25) is 4.98 Å². The molecule has 0 atom stereocenters. The molecule has 3 aromatic rings. The second-order valence-corrected chi connectivity index (χ2v) is 5.62. The van der Waals surface area contributed by atoms with E-state index < -0.39 is 0 Å². The van der Waals surface area contributed by atoms with Crippen molar-refractivity contribution in [2.45, 2.75) is 6.42 Å². The fraction of sp³-hybridized carbons (Fsp3) is 0.125. The summed E-state index contributed by atoms with van der Waals surface area (Å²) in [6.07, 6.45) is 4.11. The molecule has 106 valence electrons. The third-order valence-electron chi connectivity index (χ3n) is 3.10. The lowest BCUT2D eigenvalue weighted by atomic mass is 10.1. The highest BCUT2D eigenvalue weighted by Crippen LogP contribution is 2.37. The highest BCUT2D eigenvalue weighted by atomic mass is 32.1. The number of hydrogen-bond acceptors (Lipinski definition) is 4. The van der Waals surface area contributed by atoms with E-state index in [1.54, 1.807) is 24.5 Å². The Balaban J connectivity index is 2.17. The van der Waals surface area contributed by atoms with Crippen LogP contribution in [-0.2, 0) is 6.42 Å². The van der Waals surface area contributed by atoms with Crippen molar-refractivity contribution in [3.63, 3.8) is 0 Å². The molecule has 0 saturated heterocycles. The number of thiazole rings is 1. The van der Waals surface area contributed by atoms with Gasteiger partial charge in [0, 0.05) is 29.9 Å². The highest BCUT2D eigenvalue weighted by Gasteiger charge is 2.17. The average molecular weight is 299 g/mol. The standard InChI is InChI=1S/C16H14FN3S/c17-13-4-2-1-3-12(13)16-15(11-6-9-19-10-7-11)20-14(21-16)5-8-18/h1-4,6-7,9-10H,5,8,18H2. The first-order valence-electron chi connectivity index (χ1n) is 6.64. The Morgan fingerprint density at radius 2 is 1.86 bits per heavy atom. The first kappa shape index (κ1) is 13.9. The summed E-state index contributed by atoms with van der Waals surface area (Å²) in [4.78, 5) is 9.48. The topological polar surface area (TPSA) is 51.8 Å². The zero-order chi connectivity index (χ0) is 14.7. The van der Waals surface area contributed by atoms with Crippen LogP contribution in [-0.4, -0.2) is 16.5 Å². The van der Waals surface area contributed by atoms with Crippen LogP contribution in [0.5, 0.6) is 0 Å². The van der Waals surface area contributed by atoms with Gasteiger partial charge in [-0.1, -0.05) is 18.2 Å². The number of nitrogens with zero attached hydrogens (tertiary/aromatic N) is 2. The minimum atomic E-state index is -0.240. The second kappa shape index (κ2) is 6.11. The smallest absolute Gasteiger partial charge is 0.131 e. The Morgan fingerprint density at radius 1 is 1.10 bits per heavy atom. The van der Waals surface area contributed by atoms with Crippen molar-refractivity contribution >= 4 is 11.3 Å². The van der Waals surface area contributed by atoms with Gasteiger partial charge < -0.3 is 5.73 Å². The van der Waals surface area contributed by atoms with Gasteiger partial charge in [-0.05, 0) is 24.7 Å². The molecule has 0 aliphatic carbocycles. The van der Waals surface area contributed by atoms with Crippen molar-refractivity contribution in [2.24, 2.45) is 5.73 Å². The Morgan fingerprint density at radius 3 is 2.57 bits per heavy atom.